The molecule has 72 heavy (non-hydrogen) atoms. The summed E-state index contributed by atoms with van der Waals surface area (Å²) in [7, 11) is 0. The fraction of sp³-hybridized carbons (Fsp3) is 0.472. The number of fused-ring (bicyclic) bond motifs is 1. The number of nitrogens with zero attached hydrogens (tertiary/aromatic N) is 3. The number of carboxylic acid groups (broad SMARTS) is 3. The highest BCUT2D eigenvalue weighted by molar-refractivity contribution is 7.80. The third-order valence-electron chi connectivity index (χ3n) is 13.4. The van der Waals surface area contributed by atoms with Crippen LogP contribution < -0.4 is 21.7 Å². The number of aryl methyl sites for hydroxylation is 1. The van der Waals surface area contributed by atoms with Gasteiger partial charge in [-0.3, -0.25) is 48.3 Å². The van der Waals surface area contributed by atoms with Crippen LogP contribution in [-0.4, -0.2) is 146 Å². The van der Waals surface area contributed by atoms with Gasteiger partial charge in [0.05, 0.1) is 30.7 Å². The normalized spacial score (nSPS) is 16.5. The molecule has 1 aliphatic heterocycles. The van der Waals surface area contributed by atoms with E-state index in [2.05, 4.69) is 20.9 Å². The van der Waals surface area contributed by atoms with Gasteiger partial charge in [0.1, 0.15) is 0 Å². The maximum atomic E-state index is 13.9. The van der Waals surface area contributed by atoms with E-state index < -0.39 is 41.7 Å². The Bertz CT molecular complexity index is 2500. The average Bonchev–Trinajstić information content (AvgIpc) is 3.77. The summed E-state index contributed by atoms with van der Waals surface area (Å²) in [5.74, 6) is -6.01. The monoisotopic (exact) mass is 1010 g/mol. The van der Waals surface area contributed by atoms with E-state index in [1.165, 1.54) is 0 Å². The summed E-state index contributed by atoms with van der Waals surface area (Å²) < 4.78 is 0. The van der Waals surface area contributed by atoms with Gasteiger partial charge in [-0.25, -0.2) is 0 Å². The van der Waals surface area contributed by atoms with E-state index in [1.54, 1.807) is 14.7 Å². The van der Waals surface area contributed by atoms with Crippen molar-refractivity contribution in [2.75, 3.05) is 57.7 Å². The first-order chi connectivity index (χ1) is 34.4. The molecule has 3 aromatic carbocycles. The van der Waals surface area contributed by atoms with Gasteiger partial charge in [-0.2, -0.15) is 0 Å². The number of thiocarbonyl (C=S) groups is 1. The molecule has 1 aromatic heterocycles. The highest BCUT2D eigenvalue weighted by atomic mass is 32.1. The Morgan fingerprint density at radius 1 is 0.778 bits per heavy atom. The van der Waals surface area contributed by atoms with Crippen molar-refractivity contribution in [1.29, 1.82) is 0 Å². The zero-order valence-corrected chi connectivity index (χ0v) is 42.3. The predicted molar refractivity (Wildman–Crippen MR) is 278 cm³/mol. The first-order valence-electron chi connectivity index (χ1n) is 24.6. The zero-order valence-electron chi connectivity index (χ0n) is 41.4. The van der Waals surface area contributed by atoms with Gasteiger partial charge in [-0.1, -0.05) is 94.0 Å². The van der Waals surface area contributed by atoms with Crippen molar-refractivity contribution in [2.24, 2.45) is 23.5 Å². The number of hydrogen-bond acceptors (Lipinski definition) is 11. The first-order valence-corrected chi connectivity index (χ1v) is 25.0. The smallest absolute Gasteiger partial charge is 0.317 e. The fourth-order valence-electron chi connectivity index (χ4n) is 9.05. The van der Waals surface area contributed by atoms with E-state index in [1.807, 2.05) is 99.8 Å². The van der Waals surface area contributed by atoms with Crippen LogP contribution in [-0.2, 0) is 59.4 Å². The summed E-state index contributed by atoms with van der Waals surface area (Å²) >= 11 is 5.68. The number of benzene rings is 3. The number of nitrogens with one attached hydrogen (secondary N) is 4. The number of hydrogen-bond donors (Lipinski definition) is 8. The van der Waals surface area contributed by atoms with E-state index >= 15 is 0 Å². The van der Waals surface area contributed by atoms with Crippen molar-refractivity contribution in [3.63, 3.8) is 0 Å². The van der Waals surface area contributed by atoms with Crippen LogP contribution in [0.3, 0.4) is 0 Å². The number of Topliss-reactive ketones (excluding diaryl/α,β-unsaturated/α-hetero) is 1. The minimum Gasteiger partial charge on any atom is -0.480 e. The SMILES string of the molecule is CCC(C)[C@H](NC(=O)[C@@H](C)Cc1c[nH]c2ccccc12)C(=O)C[C@@H](CCC(N)=O)C(=O)NCc1ccc(CCC(=S)Nc2ccc(CC3CN(CC(=O)O)CCN(CC(=O)O)CCN3CC(=O)O)cc2)cc1. The second-order valence-corrected chi connectivity index (χ2v) is 19.5. The highest BCUT2D eigenvalue weighted by Gasteiger charge is 2.32. The lowest BCUT2D eigenvalue weighted by atomic mass is 9.87. The number of carbonyl (C=O) groups excluding carboxylic acids is 4. The molecule has 0 bridgehead atoms. The molecule has 0 saturated carbocycles. The average molecular weight is 1010 g/mol. The maximum Gasteiger partial charge on any atom is 0.317 e. The van der Waals surface area contributed by atoms with Crippen molar-refractivity contribution in [2.45, 2.75) is 90.8 Å². The molecule has 1 saturated heterocycles. The fourth-order valence-corrected chi connectivity index (χ4v) is 9.27. The number of aromatic amines is 1. The maximum absolute atomic E-state index is 13.9. The number of carbonyl (C=O) groups is 7. The molecule has 19 heteroatoms. The lowest BCUT2D eigenvalue weighted by Crippen LogP contribution is -2.49. The van der Waals surface area contributed by atoms with Crippen molar-refractivity contribution in [3.05, 3.63) is 101 Å². The largest absolute Gasteiger partial charge is 0.480 e. The summed E-state index contributed by atoms with van der Waals surface area (Å²) in [6.45, 7) is 6.67. The number of aromatic nitrogens is 1. The van der Waals surface area contributed by atoms with Crippen LogP contribution in [0.1, 0.15) is 75.1 Å². The molecule has 5 rings (SSSR count). The van der Waals surface area contributed by atoms with Crippen LogP contribution in [0.5, 0.6) is 0 Å². The molecule has 2 heterocycles. The van der Waals surface area contributed by atoms with Gasteiger partial charge < -0.3 is 42.0 Å². The molecular formula is C53H70N8O10S. The number of H-pyrrole nitrogens is 1. The Morgan fingerprint density at radius 3 is 2.07 bits per heavy atom. The van der Waals surface area contributed by atoms with Gasteiger partial charge in [-0.15, -0.1) is 0 Å². The number of primary amides is 1. The summed E-state index contributed by atoms with van der Waals surface area (Å²) in [6, 6.07) is 22.0. The topological polar surface area (TPSA) is 268 Å². The number of carboxylic acids is 3. The third kappa shape index (κ3) is 18.3. The molecule has 1 aliphatic rings. The van der Waals surface area contributed by atoms with Crippen molar-refractivity contribution in [3.8, 4) is 0 Å². The minimum atomic E-state index is -1.03. The van der Waals surface area contributed by atoms with Crippen LogP contribution >= 0.6 is 12.2 Å². The van der Waals surface area contributed by atoms with Crippen LogP contribution in [0.25, 0.3) is 10.9 Å². The summed E-state index contributed by atoms with van der Waals surface area (Å²) in [4.78, 5) is 97.0. The number of para-hydroxylation sites is 1. The molecule has 9 N–H and O–H groups in total. The van der Waals surface area contributed by atoms with Crippen LogP contribution in [0, 0.1) is 17.8 Å². The number of amides is 3. The van der Waals surface area contributed by atoms with Crippen molar-refractivity contribution >= 4 is 75.2 Å². The Balaban J connectivity index is 1.12. The molecular weight excluding hydrogens is 941 g/mol. The quantitative estimate of drug-likeness (QED) is 0.0383. The zero-order chi connectivity index (χ0) is 52.3. The van der Waals surface area contributed by atoms with Gasteiger partial charge in [0.15, 0.2) is 5.78 Å². The minimum absolute atomic E-state index is 0.0743. The van der Waals surface area contributed by atoms with Crippen LogP contribution in [0.4, 0.5) is 5.69 Å². The second kappa shape index (κ2) is 27.9. The number of ketones is 1. The van der Waals surface area contributed by atoms with Crippen molar-refractivity contribution < 1.29 is 48.9 Å². The van der Waals surface area contributed by atoms with Crippen LogP contribution in [0.2, 0.25) is 0 Å². The van der Waals surface area contributed by atoms with E-state index in [9.17, 15) is 48.9 Å². The number of nitrogens with two attached hydrogens (primary N) is 1. The molecule has 388 valence electrons. The lowest BCUT2D eigenvalue weighted by molar-refractivity contribution is -0.140. The Morgan fingerprint density at radius 2 is 1.40 bits per heavy atom. The molecule has 1 fully saturated rings. The molecule has 4 aromatic rings. The van der Waals surface area contributed by atoms with Crippen LogP contribution in [0.15, 0.2) is 79.0 Å². The van der Waals surface area contributed by atoms with E-state index in [4.69, 9.17) is 18.0 Å². The Kier molecular flexibility index (Phi) is 21.8. The molecule has 0 radical (unpaired) electrons. The Hall–Kier alpha value is -6.54. The second-order valence-electron chi connectivity index (χ2n) is 19.0. The molecule has 0 aliphatic carbocycles. The van der Waals surface area contributed by atoms with E-state index in [0.717, 1.165) is 38.8 Å². The third-order valence-corrected chi connectivity index (χ3v) is 13.7. The number of rotatable bonds is 27. The Labute approximate surface area is 426 Å². The number of anilines is 1. The molecule has 2 unspecified atom stereocenters. The van der Waals surface area contributed by atoms with Gasteiger partial charge in [0.2, 0.25) is 17.7 Å². The molecule has 18 nitrogen and oxygen atoms in total. The first kappa shape index (κ1) is 56.4. The molecule has 5 atom stereocenters. The van der Waals surface area contributed by atoms with E-state index in [0.29, 0.717) is 63.3 Å². The summed E-state index contributed by atoms with van der Waals surface area (Å²) in [5, 5.41) is 39.0. The predicted octanol–water partition coefficient (Wildman–Crippen LogP) is 4.49. The highest BCUT2D eigenvalue weighted by Crippen LogP contribution is 2.23. The summed E-state index contributed by atoms with van der Waals surface area (Å²) in [6.07, 6.45) is 4.49. The van der Waals surface area contributed by atoms with Gasteiger partial charge in [0.25, 0.3) is 0 Å². The van der Waals surface area contributed by atoms with Gasteiger partial charge >= 0.3 is 17.9 Å². The van der Waals surface area contributed by atoms with Gasteiger partial charge in [-0.05, 0) is 72.1 Å². The molecule has 0 spiro atoms. The number of aliphatic carboxylic acids is 3. The lowest BCUT2D eigenvalue weighted by Gasteiger charge is -2.33. The van der Waals surface area contributed by atoms with Crippen molar-refractivity contribution in [1.82, 2.24) is 30.3 Å². The van der Waals surface area contributed by atoms with Gasteiger partial charge in [0, 0.05) is 99.2 Å². The summed E-state index contributed by atoms with van der Waals surface area (Å²) in [5.41, 5.74) is 11.0. The standard InChI is InChI=1S/C53H70N8O10S/c1-4-34(2)51(58-52(70)35(3)25-40-29-55-44-8-6-5-7-43(40)44)45(62)27-39(16-19-46(54)63)53(71)56-28-38-11-9-36(10-12-38)15-20-47(72)57-41-17-13-37(14-18-41)26-42-30-60(32-49(66)67)22-21-59(31-48(64)65)23-24-61(42)33-50(68)69/h5-14,17-18,29,34-35,39,42,51,55H,4,15-16,19-28,30-33H2,1-3H3,(H2,54,63)(H,56,71)(H,57,72)(H,58,70)(H,64,65)(H,66,67)(H,68,69)/t34?,35-,39+,42?,51-/m0/s1. The van der Waals surface area contributed by atoms with E-state index in [-0.39, 0.29) is 81.5 Å². The molecule has 3 amide bonds.